The molecule has 0 bridgehead atoms. The van der Waals surface area contributed by atoms with E-state index >= 15 is 0 Å². The summed E-state index contributed by atoms with van der Waals surface area (Å²) in [5.41, 5.74) is -0.736. The van der Waals surface area contributed by atoms with Crippen LogP contribution >= 0.6 is 0 Å². The van der Waals surface area contributed by atoms with Crippen LogP contribution in [0.25, 0.3) is 0 Å². The monoisotopic (exact) mass is 281 g/mol. The number of carbonyl (C=O) groups excluding carboxylic acids is 1. The number of benzene rings is 1. The average molecular weight is 281 g/mol. The third-order valence-electron chi connectivity index (χ3n) is 3.47. The first-order valence-corrected chi connectivity index (χ1v) is 6.87. The van der Waals surface area contributed by atoms with E-state index in [1.54, 1.807) is 11.8 Å². The molecule has 1 aromatic rings. The van der Waals surface area contributed by atoms with Crippen LogP contribution < -0.4 is 4.74 Å². The third-order valence-corrected chi connectivity index (χ3v) is 3.47. The van der Waals surface area contributed by atoms with Gasteiger partial charge in [-0.25, -0.2) is 4.39 Å². The molecule has 20 heavy (non-hydrogen) atoms. The van der Waals surface area contributed by atoms with Crippen LogP contribution in [0.1, 0.15) is 26.7 Å². The number of amides is 1. The van der Waals surface area contributed by atoms with E-state index in [0.29, 0.717) is 25.3 Å². The Hall–Kier alpha value is -1.62. The quantitative estimate of drug-likeness (QED) is 0.897. The molecule has 4 nitrogen and oxygen atoms in total. The molecule has 1 aliphatic heterocycles. The Balaban J connectivity index is 1.86. The van der Waals surface area contributed by atoms with Gasteiger partial charge in [-0.05, 0) is 37.6 Å². The number of halogens is 1. The van der Waals surface area contributed by atoms with Gasteiger partial charge in [-0.15, -0.1) is 0 Å². The maximum Gasteiger partial charge on any atom is 0.263 e. The van der Waals surface area contributed by atoms with Crippen LogP contribution in [0.5, 0.6) is 5.75 Å². The summed E-state index contributed by atoms with van der Waals surface area (Å²) in [6.45, 7) is 4.37. The Morgan fingerprint density at radius 3 is 2.60 bits per heavy atom. The zero-order valence-electron chi connectivity index (χ0n) is 11.8. The zero-order chi connectivity index (χ0) is 14.8. The summed E-state index contributed by atoms with van der Waals surface area (Å²) in [7, 11) is 0. The molecule has 2 rings (SSSR count). The lowest BCUT2D eigenvalue weighted by atomic mass is 9.89. The second-order valence-corrected chi connectivity index (χ2v) is 5.38. The fourth-order valence-electron chi connectivity index (χ4n) is 2.47. The van der Waals surface area contributed by atoms with Gasteiger partial charge in [0.1, 0.15) is 11.6 Å². The van der Waals surface area contributed by atoms with Gasteiger partial charge < -0.3 is 14.7 Å². The Morgan fingerprint density at radius 1 is 1.45 bits per heavy atom. The first kappa shape index (κ1) is 14.8. The van der Waals surface area contributed by atoms with E-state index in [1.807, 2.05) is 6.92 Å². The number of likely N-dealkylation sites (tertiary alicyclic amines) is 1. The standard InChI is InChI=1S/C15H20FNO3/c1-3-8-15(19)9-17(10-15)14(18)11(2)20-13-6-4-12(16)5-7-13/h4-7,11,19H,3,8-10H2,1-2H3. The third kappa shape index (κ3) is 3.28. The van der Waals surface area contributed by atoms with Crippen LogP contribution in [0.4, 0.5) is 4.39 Å². The molecule has 0 aromatic heterocycles. The normalized spacial score (nSPS) is 18.3. The molecular weight excluding hydrogens is 261 g/mol. The predicted octanol–water partition coefficient (Wildman–Crippen LogP) is 1.97. The van der Waals surface area contributed by atoms with Gasteiger partial charge in [0, 0.05) is 0 Å². The highest BCUT2D eigenvalue weighted by Crippen LogP contribution is 2.26. The minimum absolute atomic E-state index is 0.157. The van der Waals surface area contributed by atoms with Crippen molar-refractivity contribution in [3.8, 4) is 5.75 Å². The van der Waals surface area contributed by atoms with Crippen LogP contribution in [0.15, 0.2) is 24.3 Å². The molecule has 1 amide bonds. The van der Waals surface area contributed by atoms with Crippen molar-refractivity contribution in [2.45, 2.75) is 38.4 Å². The molecule has 1 N–H and O–H groups in total. The summed E-state index contributed by atoms with van der Waals surface area (Å²) in [4.78, 5) is 13.7. The lowest BCUT2D eigenvalue weighted by molar-refractivity contribution is -0.162. The van der Waals surface area contributed by atoms with Gasteiger partial charge >= 0.3 is 0 Å². The Morgan fingerprint density at radius 2 is 2.05 bits per heavy atom. The smallest absolute Gasteiger partial charge is 0.263 e. The van der Waals surface area contributed by atoms with Crippen molar-refractivity contribution in [1.29, 1.82) is 0 Å². The number of β-amino-alcohol motifs (C(OH)–C–C–N with tert-alkyl or cyclic N) is 1. The van der Waals surface area contributed by atoms with Crippen molar-refractivity contribution in [2.24, 2.45) is 0 Å². The lowest BCUT2D eigenvalue weighted by Crippen LogP contribution is -2.65. The molecule has 1 saturated heterocycles. The molecule has 1 fully saturated rings. The highest BCUT2D eigenvalue weighted by molar-refractivity contribution is 5.82. The fourth-order valence-corrected chi connectivity index (χ4v) is 2.47. The molecular formula is C15H20FNO3. The number of hydrogen-bond donors (Lipinski definition) is 1. The SMILES string of the molecule is CCCC1(O)CN(C(=O)C(C)Oc2ccc(F)cc2)C1. The van der Waals surface area contributed by atoms with Gasteiger partial charge in [-0.1, -0.05) is 13.3 Å². The summed E-state index contributed by atoms with van der Waals surface area (Å²) < 4.78 is 18.3. The molecule has 110 valence electrons. The summed E-state index contributed by atoms with van der Waals surface area (Å²) in [5.74, 6) is -0.0459. The van der Waals surface area contributed by atoms with Crippen molar-refractivity contribution in [3.05, 3.63) is 30.1 Å². The molecule has 1 unspecified atom stereocenters. The number of ether oxygens (including phenoxy) is 1. The zero-order valence-corrected chi connectivity index (χ0v) is 11.8. The molecule has 0 radical (unpaired) electrons. The fraction of sp³-hybridized carbons (Fsp3) is 0.533. The van der Waals surface area contributed by atoms with E-state index in [1.165, 1.54) is 24.3 Å². The first-order chi connectivity index (χ1) is 9.43. The number of rotatable bonds is 5. The van der Waals surface area contributed by atoms with E-state index in [9.17, 15) is 14.3 Å². The van der Waals surface area contributed by atoms with E-state index in [0.717, 1.165) is 6.42 Å². The molecule has 1 aromatic carbocycles. The van der Waals surface area contributed by atoms with Crippen molar-refractivity contribution in [3.63, 3.8) is 0 Å². The van der Waals surface area contributed by atoms with Crippen molar-refractivity contribution >= 4 is 5.91 Å². The molecule has 1 atom stereocenters. The van der Waals surface area contributed by atoms with Crippen LogP contribution in [0.3, 0.4) is 0 Å². The summed E-state index contributed by atoms with van der Waals surface area (Å²) >= 11 is 0. The molecule has 1 heterocycles. The maximum absolute atomic E-state index is 12.8. The summed E-state index contributed by atoms with van der Waals surface area (Å²) in [6, 6.07) is 5.55. The van der Waals surface area contributed by atoms with Gasteiger partial charge in [0.15, 0.2) is 6.10 Å². The minimum Gasteiger partial charge on any atom is -0.481 e. The first-order valence-electron chi connectivity index (χ1n) is 6.87. The van der Waals surface area contributed by atoms with Gasteiger partial charge in [-0.3, -0.25) is 4.79 Å². The van der Waals surface area contributed by atoms with E-state index in [4.69, 9.17) is 4.74 Å². The van der Waals surface area contributed by atoms with Gasteiger partial charge in [-0.2, -0.15) is 0 Å². The lowest BCUT2D eigenvalue weighted by Gasteiger charge is -2.47. The Labute approximate surface area is 118 Å². The van der Waals surface area contributed by atoms with Crippen molar-refractivity contribution in [1.82, 2.24) is 4.90 Å². The Kier molecular flexibility index (Phi) is 4.28. The summed E-state index contributed by atoms with van der Waals surface area (Å²) in [5, 5.41) is 10.1. The molecule has 0 aliphatic carbocycles. The number of hydrogen-bond acceptors (Lipinski definition) is 3. The number of nitrogens with zero attached hydrogens (tertiary/aromatic N) is 1. The van der Waals surface area contributed by atoms with Crippen LogP contribution in [-0.2, 0) is 4.79 Å². The molecule has 5 heteroatoms. The predicted molar refractivity (Wildman–Crippen MR) is 72.9 cm³/mol. The van der Waals surface area contributed by atoms with Gasteiger partial charge in [0.2, 0.25) is 0 Å². The topological polar surface area (TPSA) is 49.8 Å². The van der Waals surface area contributed by atoms with Crippen LogP contribution in [0, 0.1) is 5.82 Å². The van der Waals surface area contributed by atoms with Crippen molar-refractivity contribution in [2.75, 3.05) is 13.1 Å². The Bertz CT molecular complexity index is 469. The second-order valence-electron chi connectivity index (χ2n) is 5.38. The van der Waals surface area contributed by atoms with Crippen molar-refractivity contribution < 1.29 is 19.0 Å². The number of aliphatic hydroxyl groups is 1. The molecule has 0 spiro atoms. The average Bonchev–Trinajstić information content (AvgIpc) is 2.38. The van der Waals surface area contributed by atoms with Gasteiger partial charge in [0.05, 0.1) is 18.7 Å². The van der Waals surface area contributed by atoms with E-state index < -0.39 is 11.7 Å². The highest BCUT2D eigenvalue weighted by Gasteiger charge is 2.44. The van der Waals surface area contributed by atoms with E-state index in [2.05, 4.69) is 0 Å². The summed E-state index contributed by atoms with van der Waals surface area (Å²) in [6.07, 6.45) is 0.941. The van der Waals surface area contributed by atoms with Crippen LogP contribution in [0.2, 0.25) is 0 Å². The van der Waals surface area contributed by atoms with E-state index in [-0.39, 0.29) is 11.7 Å². The number of carbonyl (C=O) groups is 1. The second kappa shape index (κ2) is 5.79. The molecule has 1 aliphatic rings. The van der Waals surface area contributed by atoms with Gasteiger partial charge in [0.25, 0.3) is 5.91 Å². The maximum atomic E-state index is 12.8. The minimum atomic E-state index is -0.736. The largest absolute Gasteiger partial charge is 0.481 e. The highest BCUT2D eigenvalue weighted by atomic mass is 19.1. The molecule has 0 saturated carbocycles. The van der Waals surface area contributed by atoms with Crippen LogP contribution in [-0.4, -0.2) is 40.7 Å².